The summed E-state index contributed by atoms with van der Waals surface area (Å²) < 4.78 is 23.4. The number of hydrogen-bond acceptors (Lipinski definition) is 11. The van der Waals surface area contributed by atoms with Crippen molar-refractivity contribution in [1.82, 2.24) is 0 Å². The molecule has 11 heteroatoms. The van der Waals surface area contributed by atoms with Crippen LogP contribution in [0, 0.1) is 50.7 Å². The van der Waals surface area contributed by atoms with Gasteiger partial charge in [-0.3, -0.25) is 14.4 Å². The van der Waals surface area contributed by atoms with Gasteiger partial charge in [-0.15, -0.1) is 0 Å². The van der Waals surface area contributed by atoms with Gasteiger partial charge >= 0.3 is 11.9 Å². The Labute approximate surface area is 358 Å². The Morgan fingerprint density at radius 2 is 1.44 bits per heavy atom. The van der Waals surface area contributed by atoms with E-state index in [1.165, 1.54) is 56.7 Å². The van der Waals surface area contributed by atoms with Crippen LogP contribution >= 0.6 is 0 Å². The second-order valence-electron chi connectivity index (χ2n) is 21.2. The number of ether oxygens (including phenoxy) is 3. The number of phenolic OH excluding ortho intramolecular Hbond substituents is 3. The van der Waals surface area contributed by atoms with Gasteiger partial charge in [-0.25, -0.2) is 0 Å². The second kappa shape index (κ2) is 15.1. The SMILES string of the molecule is CO[C@H]1CC[C@@]2(C)C(CC[C@@]3(C)CC4=CC[C@H]5C(C)(C)[C@H](OC(=O)CCC(=O)Oc6cc(-c7oc8cc(O)cc(O)c8c(=O)c7O)ccc6O)CC[C@]5(C)[C@H]4CCC32)C1(C)C. The summed E-state index contributed by atoms with van der Waals surface area (Å²) in [4.78, 5) is 39.3. The first-order valence-electron chi connectivity index (χ1n) is 22.3. The van der Waals surface area contributed by atoms with E-state index in [-0.39, 0.29) is 74.4 Å². The molecule has 0 aliphatic heterocycles. The molecule has 1 aromatic heterocycles. The molecular formula is C50H64O11. The van der Waals surface area contributed by atoms with Gasteiger partial charge in [0, 0.05) is 30.2 Å². The van der Waals surface area contributed by atoms with Crippen molar-refractivity contribution in [3.8, 4) is 40.1 Å². The molecule has 61 heavy (non-hydrogen) atoms. The highest BCUT2D eigenvalue weighted by Gasteiger charge is 2.63. The zero-order valence-corrected chi connectivity index (χ0v) is 37.1. The third kappa shape index (κ3) is 7.01. The Bertz CT molecular complexity index is 2340. The number of carbonyl (C=O) groups is 2. The summed E-state index contributed by atoms with van der Waals surface area (Å²) in [6, 6.07) is 5.80. The molecule has 1 heterocycles. The first-order valence-corrected chi connectivity index (χ1v) is 22.3. The molecule has 4 N–H and O–H groups in total. The van der Waals surface area contributed by atoms with E-state index in [1.54, 1.807) is 5.57 Å². The first-order chi connectivity index (χ1) is 28.6. The molecule has 0 bridgehead atoms. The highest BCUT2D eigenvalue weighted by atomic mass is 16.6. The summed E-state index contributed by atoms with van der Waals surface area (Å²) >= 11 is 0. The molecule has 330 valence electrons. The van der Waals surface area contributed by atoms with Crippen LogP contribution in [0.25, 0.3) is 22.3 Å². The predicted molar refractivity (Wildman–Crippen MR) is 230 cm³/mol. The molecule has 5 aliphatic carbocycles. The maximum absolute atomic E-state index is 13.4. The molecule has 8 rings (SSSR count). The van der Waals surface area contributed by atoms with Crippen LogP contribution in [0.2, 0.25) is 0 Å². The van der Waals surface area contributed by atoms with Gasteiger partial charge in [-0.05, 0) is 128 Å². The topological polar surface area (TPSA) is 173 Å². The molecule has 0 amide bonds. The number of methoxy groups -OCH3 is 1. The van der Waals surface area contributed by atoms with Crippen LogP contribution in [0.3, 0.4) is 0 Å². The summed E-state index contributed by atoms with van der Waals surface area (Å²) in [6.45, 7) is 17.1. The van der Waals surface area contributed by atoms with Crippen LogP contribution < -0.4 is 10.2 Å². The smallest absolute Gasteiger partial charge is 0.311 e. The summed E-state index contributed by atoms with van der Waals surface area (Å²) in [5.41, 5.74) is 1.13. The van der Waals surface area contributed by atoms with Gasteiger partial charge in [0.25, 0.3) is 0 Å². The maximum Gasteiger partial charge on any atom is 0.311 e. The highest BCUT2D eigenvalue weighted by molar-refractivity contribution is 5.88. The minimum Gasteiger partial charge on any atom is -0.508 e. The number of rotatable bonds is 7. The van der Waals surface area contributed by atoms with Gasteiger partial charge < -0.3 is 39.1 Å². The number of allylic oxidation sites excluding steroid dienone is 2. The lowest BCUT2D eigenvalue weighted by atomic mass is 9.42. The van der Waals surface area contributed by atoms with E-state index in [0.717, 1.165) is 37.8 Å². The molecule has 4 saturated carbocycles. The van der Waals surface area contributed by atoms with Gasteiger partial charge in [0.2, 0.25) is 11.2 Å². The third-order valence-corrected chi connectivity index (χ3v) is 17.3. The Balaban J connectivity index is 0.916. The van der Waals surface area contributed by atoms with E-state index in [0.29, 0.717) is 35.2 Å². The normalized spacial score (nSPS) is 33.8. The number of phenols is 3. The fraction of sp³-hybridized carbons (Fsp3) is 0.620. The summed E-state index contributed by atoms with van der Waals surface area (Å²) in [6.07, 6.45) is 13.3. The Kier molecular flexibility index (Phi) is 10.7. The lowest BCUT2D eigenvalue weighted by molar-refractivity contribution is -0.178. The molecule has 4 fully saturated rings. The zero-order chi connectivity index (χ0) is 44.0. The van der Waals surface area contributed by atoms with E-state index in [2.05, 4.69) is 54.5 Å². The van der Waals surface area contributed by atoms with Crippen molar-refractivity contribution in [2.75, 3.05) is 7.11 Å². The maximum atomic E-state index is 13.4. The van der Waals surface area contributed by atoms with Crippen LogP contribution in [0.5, 0.6) is 28.7 Å². The third-order valence-electron chi connectivity index (χ3n) is 17.3. The molecule has 0 saturated heterocycles. The largest absolute Gasteiger partial charge is 0.508 e. The number of hydrogen-bond donors (Lipinski definition) is 4. The highest BCUT2D eigenvalue weighted by Crippen LogP contribution is 2.70. The van der Waals surface area contributed by atoms with Crippen LogP contribution in [-0.4, -0.2) is 51.7 Å². The van der Waals surface area contributed by atoms with E-state index in [4.69, 9.17) is 18.6 Å². The van der Waals surface area contributed by atoms with Crippen molar-refractivity contribution < 1.29 is 48.6 Å². The van der Waals surface area contributed by atoms with E-state index >= 15 is 0 Å². The molecule has 0 radical (unpaired) electrons. The Morgan fingerprint density at radius 3 is 2.18 bits per heavy atom. The number of fused-ring (bicyclic) bond motifs is 7. The van der Waals surface area contributed by atoms with Gasteiger partial charge in [0.15, 0.2) is 17.3 Å². The molecule has 0 spiro atoms. The van der Waals surface area contributed by atoms with Gasteiger partial charge in [-0.1, -0.05) is 60.1 Å². The van der Waals surface area contributed by atoms with Crippen molar-refractivity contribution in [3.63, 3.8) is 0 Å². The number of aromatic hydroxyl groups is 4. The van der Waals surface area contributed by atoms with Crippen molar-refractivity contribution in [3.05, 3.63) is 52.2 Å². The van der Waals surface area contributed by atoms with Crippen LogP contribution in [-0.2, 0) is 19.1 Å². The average Bonchev–Trinajstić information content (AvgIpc) is 3.34. The summed E-state index contributed by atoms with van der Waals surface area (Å²) in [5, 5.41) is 40.9. The van der Waals surface area contributed by atoms with Gasteiger partial charge in [-0.2, -0.15) is 0 Å². The fourth-order valence-electron chi connectivity index (χ4n) is 14.3. The summed E-state index contributed by atoms with van der Waals surface area (Å²) in [7, 11) is 1.89. The van der Waals surface area contributed by atoms with Crippen LogP contribution in [0.4, 0.5) is 0 Å². The zero-order valence-electron chi connectivity index (χ0n) is 37.1. The Hall–Kier alpha value is -4.51. The second-order valence-corrected chi connectivity index (χ2v) is 21.2. The molecular weight excluding hydrogens is 777 g/mol. The van der Waals surface area contributed by atoms with E-state index in [1.807, 2.05) is 7.11 Å². The first kappa shape index (κ1) is 43.2. The molecule has 11 nitrogen and oxygen atoms in total. The standard InChI is InChI=1S/C50H64O11/c1-46(2)36-17-20-48(5)26-28-10-13-35-47(3,4)39(19-21-49(35,6)30(28)11-14-37(48)50(36,7)22-18-38(46)58-8)61-41(55)16-15-40(54)59-33-23-27(9-12-31(33)52)45-44(57)43(56)42-32(53)24-29(51)25-34(42)60-45/h9-10,12,23-25,30,35-39,51-53,57H,11,13-22,26H2,1-8H3/t30-,35-,36?,37?,38-,39+,48-,49+,50-/m0/s1. The van der Waals surface area contributed by atoms with E-state index in [9.17, 15) is 34.8 Å². The van der Waals surface area contributed by atoms with Crippen LogP contribution in [0.1, 0.15) is 126 Å². The number of esters is 2. The predicted octanol–water partition coefficient (Wildman–Crippen LogP) is 10.3. The van der Waals surface area contributed by atoms with Crippen molar-refractivity contribution >= 4 is 22.9 Å². The monoisotopic (exact) mass is 840 g/mol. The summed E-state index contributed by atoms with van der Waals surface area (Å²) in [5.74, 6) is -1.89. The Morgan fingerprint density at radius 1 is 0.754 bits per heavy atom. The number of benzene rings is 2. The lowest BCUT2D eigenvalue weighted by Gasteiger charge is -2.64. The fourth-order valence-corrected chi connectivity index (χ4v) is 14.3. The van der Waals surface area contributed by atoms with E-state index < -0.39 is 34.6 Å². The molecule has 3 aromatic rings. The minimum absolute atomic E-state index is 0.0729. The molecule has 2 aromatic carbocycles. The number of carbonyl (C=O) groups excluding carboxylic acids is 2. The molecule has 5 aliphatic rings. The minimum atomic E-state index is -0.942. The van der Waals surface area contributed by atoms with Crippen molar-refractivity contribution in [2.24, 2.45) is 50.7 Å². The molecule has 2 unspecified atom stereocenters. The van der Waals surface area contributed by atoms with Gasteiger partial charge in [0.1, 0.15) is 28.6 Å². The van der Waals surface area contributed by atoms with Crippen molar-refractivity contribution in [2.45, 2.75) is 138 Å². The quantitative estimate of drug-likeness (QED) is 0.101. The average molecular weight is 841 g/mol. The van der Waals surface area contributed by atoms with Crippen molar-refractivity contribution in [1.29, 1.82) is 0 Å². The van der Waals surface area contributed by atoms with Crippen LogP contribution in [0.15, 0.2) is 51.2 Å². The molecule has 9 atom stereocenters. The van der Waals surface area contributed by atoms with Gasteiger partial charge in [0.05, 0.1) is 18.9 Å². The lowest BCUT2D eigenvalue weighted by Crippen LogP contribution is -2.58.